The normalized spacial score (nSPS) is 17.3. The van der Waals surface area contributed by atoms with Crippen LogP contribution in [0.2, 0.25) is 0 Å². The molecule has 4 nitrogen and oxygen atoms in total. The molecule has 1 aliphatic heterocycles. The van der Waals surface area contributed by atoms with Crippen LogP contribution in [0.3, 0.4) is 0 Å². The molecular weight excluding hydrogens is 252 g/mol. The van der Waals surface area contributed by atoms with Crippen molar-refractivity contribution in [3.05, 3.63) is 23.2 Å². The van der Waals surface area contributed by atoms with Crippen LogP contribution in [0.1, 0.15) is 43.8 Å². The molecule has 1 aromatic rings. The van der Waals surface area contributed by atoms with Crippen molar-refractivity contribution in [2.75, 3.05) is 20.3 Å². The number of hydrogen-bond donors (Lipinski definition) is 1. The average molecular weight is 280 g/mol. The minimum atomic E-state index is 0.498. The van der Waals surface area contributed by atoms with Crippen molar-refractivity contribution in [2.45, 2.75) is 58.8 Å². The molecule has 1 fully saturated rings. The van der Waals surface area contributed by atoms with Gasteiger partial charge in [-0.15, -0.1) is 0 Å². The van der Waals surface area contributed by atoms with Crippen molar-refractivity contribution in [3.63, 3.8) is 0 Å². The molecule has 114 valence electrons. The minimum Gasteiger partial charge on any atom is -0.465 e. The Bertz CT molecular complexity index is 409. The highest BCUT2D eigenvalue weighted by Gasteiger charge is 2.19. The molecule has 0 bridgehead atoms. The topological polar surface area (TPSA) is 37.6 Å². The Labute approximate surface area is 122 Å². The Hall–Kier alpha value is -0.840. The lowest BCUT2D eigenvalue weighted by atomic mass is 10.1. The Kier molecular flexibility index (Phi) is 5.64. The van der Waals surface area contributed by atoms with Crippen LogP contribution >= 0.6 is 0 Å². The van der Waals surface area contributed by atoms with Crippen molar-refractivity contribution in [1.82, 2.24) is 10.2 Å². The van der Waals surface area contributed by atoms with Crippen LogP contribution < -0.4 is 5.32 Å². The second kappa shape index (κ2) is 7.25. The lowest BCUT2D eigenvalue weighted by molar-refractivity contribution is 0.0387. The smallest absolute Gasteiger partial charge is 0.118 e. The molecule has 1 aromatic heterocycles. The van der Waals surface area contributed by atoms with E-state index in [-0.39, 0.29) is 0 Å². The molecular formula is C16H28N2O2. The maximum Gasteiger partial charge on any atom is 0.118 e. The number of furan rings is 1. The lowest BCUT2D eigenvalue weighted by Crippen LogP contribution is -2.36. The largest absolute Gasteiger partial charge is 0.465 e. The summed E-state index contributed by atoms with van der Waals surface area (Å²) in [5.41, 5.74) is 1.27. The third-order valence-corrected chi connectivity index (χ3v) is 3.99. The van der Waals surface area contributed by atoms with Crippen molar-refractivity contribution >= 4 is 0 Å². The van der Waals surface area contributed by atoms with E-state index < -0.39 is 0 Å². The minimum absolute atomic E-state index is 0.498. The van der Waals surface area contributed by atoms with Crippen LogP contribution in [-0.2, 0) is 17.8 Å². The number of nitrogens with one attached hydrogen (secondary N) is 1. The molecule has 0 saturated carbocycles. The summed E-state index contributed by atoms with van der Waals surface area (Å²) in [5.74, 6) is 2.10. The number of nitrogens with zero attached hydrogens (tertiary/aromatic N) is 1. The van der Waals surface area contributed by atoms with Gasteiger partial charge in [0.1, 0.15) is 11.5 Å². The summed E-state index contributed by atoms with van der Waals surface area (Å²) < 4.78 is 11.3. The zero-order chi connectivity index (χ0) is 14.5. The first kappa shape index (κ1) is 15.5. The second-order valence-corrected chi connectivity index (χ2v) is 6.09. The van der Waals surface area contributed by atoms with E-state index in [4.69, 9.17) is 9.15 Å². The summed E-state index contributed by atoms with van der Waals surface area (Å²) in [6.45, 7) is 9.91. The summed E-state index contributed by atoms with van der Waals surface area (Å²) >= 11 is 0. The molecule has 0 aliphatic carbocycles. The van der Waals surface area contributed by atoms with Crippen molar-refractivity contribution < 1.29 is 9.15 Å². The maximum atomic E-state index is 5.90. The summed E-state index contributed by atoms with van der Waals surface area (Å²) in [5, 5.41) is 3.44. The predicted molar refractivity (Wildman–Crippen MR) is 80.7 cm³/mol. The number of aryl methyl sites for hydroxylation is 1. The first-order valence-corrected chi connectivity index (χ1v) is 7.66. The molecule has 20 heavy (non-hydrogen) atoms. The fourth-order valence-corrected chi connectivity index (χ4v) is 2.66. The molecule has 0 aromatic carbocycles. The molecule has 1 N–H and O–H groups in total. The van der Waals surface area contributed by atoms with Crippen molar-refractivity contribution in [3.8, 4) is 0 Å². The van der Waals surface area contributed by atoms with Gasteiger partial charge in [0, 0.05) is 37.4 Å². The van der Waals surface area contributed by atoms with E-state index in [0.29, 0.717) is 12.1 Å². The molecule has 4 heteroatoms. The maximum absolute atomic E-state index is 5.90. The second-order valence-electron chi connectivity index (χ2n) is 6.09. The SMILES string of the molecule is Cc1oc(CN(C)C2CCOCC2)cc1CNC(C)C. The van der Waals surface area contributed by atoms with Crippen LogP contribution in [0, 0.1) is 6.92 Å². The number of rotatable bonds is 6. The monoisotopic (exact) mass is 280 g/mol. The molecule has 0 spiro atoms. The third-order valence-electron chi connectivity index (χ3n) is 3.99. The Morgan fingerprint density at radius 1 is 1.35 bits per heavy atom. The lowest BCUT2D eigenvalue weighted by Gasteiger charge is -2.30. The molecule has 2 heterocycles. The molecule has 2 rings (SSSR count). The van der Waals surface area contributed by atoms with E-state index >= 15 is 0 Å². The van der Waals surface area contributed by atoms with E-state index in [0.717, 1.165) is 50.7 Å². The zero-order valence-electron chi connectivity index (χ0n) is 13.2. The molecule has 1 saturated heterocycles. The van der Waals surface area contributed by atoms with Gasteiger partial charge in [-0.1, -0.05) is 13.8 Å². The van der Waals surface area contributed by atoms with Gasteiger partial charge in [-0.05, 0) is 32.9 Å². The van der Waals surface area contributed by atoms with Crippen LogP contribution in [0.4, 0.5) is 0 Å². The average Bonchev–Trinajstić information content (AvgIpc) is 2.77. The van der Waals surface area contributed by atoms with Gasteiger partial charge in [-0.2, -0.15) is 0 Å². The third kappa shape index (κ3) is 4.33. The van der Waals surface area contributed by atoms with Gasteiger partial charge >= 0.3 is 0 Å². The highest BCUT2D eigenvalue weighted by molar-refractivity contribution is 5.20. The highest BCUT2D eigenvalue weighted by Crippen LogP contribution is 2.19. The van der Waals surface area contributed by atoms with Crippen LogP contribution in [0.5, 0.6) is 0 Å². The summed E-state index contributed by atoms with van der Waals surface area (Å²) in [7, 11) is 2.18. The van der Waals surface area contributed by atoms with Gasteiger partial charge in [-0.25, -0.2) is 0 Å². The number of hydrogen-bond acceptors (Lipinski definition) is 4. The zero-order valence-corrected chi connectivity index (χ0v) is 13.2. The van der Waals surface area contributed by atoms with Gasteiger partial charge in [0.15, 0.2) is 0 Å². The van der Waals surface area contributed by atoms with Crippen LogP contribution in [0.25, 0.3) is 0 Å². The first-order valence-electron chi connectivity index (χ1n) is 7.66. The van der Waals surface area contributed by atoms with Gasteiger partial charge in [0.25, 0.3) is 0 Å². The Balaban J connectivity index is 1.90. The standard InChI is InChI=1S/C16H28N2O2/c1-12(2)17-10-14-9-16(20-13(14)3)11-18(4)15-5-7-19-8-6-15/h9,12,15,17H,5-8,10-11H2,1-4H3. The Morgan fingerprint density at radius 2 is 2.05 bits per heavy atom. The fourth-order valence-electron chi connectivity index (χ4n) is 2.66. The fraction of sp³-hybridized carbons (Fsp3) is 0.750. The summed E-state index contributed by atoms with van der Waals surface area (Å²) in [6, 6.07) is 3.31. The molecule has 0 radical (unpaired) electrons. The van der Waals surface area contributed by atoms with E-state index in [9.17, 15) is 0 Å². The molecule has 0 atom stereocenters. The predicted octanol–water partition coefficient (Wildman–Crippen LogP) is 2.70. The van der Waals surface area contributed by atoms with Gasteiger partial charge in [0.05, 0.1) is 6.54 Å². The van der Waals surface area contributed by atoms with Gasteiger partial charge in [-0.3, -0.25) is 4.90 Å². The molecule has 0 unspecified atom stereocenters. The van der Waals surface area contributed by atoms with Crippen molar-refractivity contribution in [2.24, 2.45) is 0 Å². The van der Waals surface area contributed by atoms with Crippen LogP contribution in [0.15, 0.2) is 10.5 Å². The van der Waals surface area contributed by atoms with Crippen LogP contribution in [-0.4, -0.2) is 37.2 Å². The quantitative estimate of drug-likeness (QED) is 0.869. The summed E-state index contributed by atoms with van der Waals surface area (Å²) in [4.78, 5) is 2.39. The summed E-state index contributed by atoms with van der Waals surface area (Å²) in [6.07, 6.45) is 2.25. The molecule has 1 aliphatic rings. The first-order chi connectivity index (χ1) is 9.56. The van der Waals surface area contributed by atoms with E-state index in [1.165, 1.54) is 5.56 Å². The van der Waals surface area contributed by atoms with Gasteiger partial charge in [0.2, 0.25) is 0 Å². The van der Waals surface area contributed by atoms with E-state index in [2.05, 4.69) is 44.1 Å². The highest BCUT2D eigenvalue weighted by atomic mass is 16.5. The van der Waals surface area contributed by atoms with Gasteiger partial charge < -0.3 is 14.5 Å². The molecule has 0 amide bonds. The van der Waals surface area contributed by atoms with E-state index in [1.54, 1.807) is 0 Å². The number of ether oxygens (including phenoxy) is 1. The van der Waals surface area contributed by atoms with Crippen molar-refractivity contribution in [1.29, 1.82) is 0 Å². The Morgan fingerprint density at radius 3 is 2.70 bits per heavy atom. The van der Waals surface area contributed by atoms with E-state index in [1.807, 2.05) is 0 Å².